The fourth-order valence-corrected chi connectivity index (χ4v) is 2.79. The first-order valence-electron chi connectivity index (χ1n) is 6.12. The summed E-state index contributed by atoms with van der Waals surface area (Å²) in [6.45, 7) is 3.60. The predicted octanol–water partition coefficient (Wildman–Crippen LogP) is 2.25. The number of amides is 1. The molecule has 0 bridgehead atoms. The molecule has 1 heterocycles. The third kappa shape index (κ3) is 4.19. The Kier molecular flexibility index (Phi) is 5.35. The van der Waals surface area contributed by atoms with Gasteiger partial charge in [-0.3, -0.25) is 4.79 Å². The predicted molar refractivity (Wildman–Crippen MR) is 76.2 cm³/mol. The molecular formula is C13H17ClN2OS. The van der Waals surface area contributed by atoms with Gasteiger partial charge in [-0.25, -0.2) is 0 Å². The van der Waals surface area contributed by atoms with Crippen LogP contribution in [-0.4, -0.2) is 42.7 Å². The summed E-state index contributed by atoms with van der Waals surface area (Å²) in [5, 5.41) is 4.02. The van der Waals surface area contributed by atoms with Crippen molar-refractivity contribution < 1.29 is 4.79 Å². The lowest BCUT2D eigenvalue weighted by atomic mass is 10.4. The van der Waals surface area contributed by atoms with Gasteiger partial charge in [0.05, 0.1) is 5.75 Å². The summed E-state index contributed by atoms with van der Waals surface area (Å²) in [5.41, 5.74) is 0. The number of carbonyl (C=O) groups excluding carboxylic acids is 1. The molecule has 1 amide bonds. The Morgan fingerprint density at radius 1 is 1.28 bits per heavy atom. The van der Waals surface area contributed by atoms with Crippen LogP contribution < -0.4 is 5.32 Å². The first-order valence-corrected chi connectivity index (χ1v) is 7.49. The van der Waals surface area contributed by atoms with Crippen molar-refractivity contribution in [1.29, 1.82) is 0 Å². The average Bonchev–Trinajstić information content (AvgIpc) is 2.66. The first kappa shape index (κ1) is 13.7. The zero-order valence-corrected chi connectivity index (χ0v) is 11.8. The van der Waals surface area contributed by atoms with Crippen molar-refractivity contribution in [3.63, 3.8) is 0 Å². The van der Waals surface area contributed by atoms with Gasteiger partial charge in [0.1, 0.15) is 0 Å². The number of nitrogens with zero attached hydrogens (tertiary/aromatic N) is 1. The van der Waals surface area contributed by atoms with E-state index in [1.54, 1.807) is 11.8 Å². The summed E-state index contributed by atoms with van der Waals surface area (Å²) in [6, 6.07) is 7.60. The molecule has 0 aliphatic carbocycles. The molecule has 1 fully saturated rings. The van der Waals surface area contributed by atoms with Gasteiger partial charge in [-0.1, -0.05) is 11.6 Å². The highest BCUT2D eigenvalue weighted by molar-refractivity contribution is 8.00. The Balaban J connectivity index is 1.81. The van der Waals surface area contributed by atoms with E-state index in [9.17, 15) is 4.79 Å². The van der Waals surface area contributed by atoms with Crippen LogP contribution in [0.3, 0.4) is 0 Å². The van der Waals surface area contributed by atoms with Crippen molar-refractivity contribution >= 4 is 29.3 Å². The summed E-state index contributed by atoms with van der Waals surface area (Å²) in [7, 11) is 0. The highest BCUT2D eigenvalue weighted by atomic mass is 35.5. The van der Waals surface area contributed by atoms with E-state index in [-0.39, 0.29) is 5.91 Å². The molecule has 1 aliphatic heterocycles. The molecule has 18 heavy (non-hydrogen) atoms. The van der Waals surface area contributed by atoms with Gasteiger partial charge < -0.3 is 10.2 Å². The normalized spacial score (nSPS) is 16.4. The maximum atomic E-state index is 12.0. The number of nitrogens with one attached hydrogen (secondary N) is 1. The molecule has 1 aromatic rings. The van der Waals surface area contributed by atoms with Crippen LogP contribution in [0.2, 0.25) is 5.02 Å². The Morgan fingerprint density at radius 2 is 2.06 bits per heavy atom. The zero-order valence-electron chi connectivity index (χ0n) is 10.2. The number of rotatable bonds is 3. The number of carbonyl (C=O) groups is 1. The molecule has 0 spiro atoms. The van der Waals surface area contributed by atoms with E-state index < -0.39 is 0 Å². The molecular weight excluding hydrogens is 268 g/mol. The van der Waals surface area contributed by atoms with E-state index >= 15 is 0 Å². The number of hydrogen-bond donors (Lipinski definition) is 1. The Bertz CT molecular complexity index is 388. The van der Waals surface area contributed by atoms with Crippen LogP contribution >= 0.6 is 23.4 Å². The fourth-order valence-electron chi connectivity index (χ4n) is 1.86. The number of thioether (sulfide) groups is 1. The van der Waals surface area contributed by atoms with Crippen LogP contribution in [0.1, 0.15) is 6.42 Å². The van der Waals surface area contributed by atoms with Crippen molar-refractivity contribution in [2.45, 2.75) is 11.3 Å². The molecule has 0 aromatic heterocycles. The summed E-state index contributed by atoms with van der Waals surface area (Å²) in [4.78, 5) is 15.1. The van der Waals surface area contributed by atoms with Crippen molar-refractivity contribution in [3.05, 3.63) is 29.3 Å². The van der Waals surface area contributed by atoms with Gasteiger partial charge in [-0.2, -0.15) is 0 Å². The lowest BCUT2D eigenvalue weighted by Crippen LogP contribution is -2.35. The van der Waals surface area contributed by atoms with Crippen LogP contribution in [0.25, 0.3) is 0 Å². The molecule has 1 saturated heterocycles. The monoisotopic (exact) mass is 284 g/mol. The molecule has 0 atom stereocenters. The maximum Gasteiger partial charge on any atom is 0.232 e. The topological polar surface area (TPSA) is 32.3 Å². The molecule has 0 saturated carbocycles. The van der Waals surface area contributed by atoms with E-state index in [2.05, 4.69) is 5.32 Å². The molecule has 0 unspecified atom stereocenters. The van der Waals surface area contributed by atoms with Crippen molar-refractivity contribution in [3.8, 4) is 0 Å². The standard InChI is InChI=1S/C13H17ClN2OS/c14-11-2-4-12(5-3-11)18-10-13(17)16-8-1-6-15-7-9-16/h2-5,15H,1,6-10H2. The van der Waals surface area contributed by atoms with Gasteiger partial charge in [-0.15, -0.1) is 11.8 Å². The minimum atomic E-state index is 0.221. The van der Waals surface area contributed by atoms with E-state index in [0.29, 0.717) is 5.75 Å². The molecule has 98 valence electrons. The van der Waals surface area contributed by atoms with Crippen LogP contribution in [0.4, 0.5) is 0 Å². The minimum Gasteiger partial charge on any atom is -0.341 e. The third-order valence-electron chi connectivity index (χ3n) is 2.87. The summed E-state index contributed by atoms with van der Waals surface area (Å²) >= 11 is 7.39. The number of halogens is 1. The van der Waals surface area contributed by atoms with Gasteiger partial charge in [0.25, 0.3) is 0 Å². The van der Waals surface area contributed by atoms with E-state index in [1.165, 1.54) is 0 Å². The summed E-state index contributed by atoms with van der Waals surface area (Å²) in [6.07, 6.45) is 1.04. The fraction of sp³-hybridized carbons (Fsp3) is 0.462. The van der Waals surface area contributed by atoms with Gasteiger partial charge in [0.2, 0.25) is 5.91 Å². The second kappa shape index (κ2) is 7.02. The molecule has 1 aliphatic rings. The van der Waals surface area contributed by atoms with Gasteiger partial charge >= 0.3 is 0 Å². The number of benzene rings is 1. The molecule has 1 N–H and O–H groups in total. The Morgan fingerprint density at radius 3 is 2.83 bits per heavy atom. The maximum absolute atomic E-state index is 12.0. The largest absolute Gasteiger partial charge is 0.341 e. The Hall–Kier alpha value is -0.710. The second-order valence-electron chi connectivity index (χ2n) is 4.23. The summed E-state index contributed by atoms with van der Waals surface area (Å²) < 4.78 is 0. The van der Waals surface area contributed by atoms with E-state index in [4.69, 9.17) is 11.6 Å². The van der Waals surface area contributed by atoms with Crippen LogP contribution in [-0.2, 0) is 4.79 Å². The van der Waals surface area contributed by atoms with E-state index in [1.807, 2.05) is 29.2 Å². The van der Waals surface area contributed by atoms with Gasteiger partial charge in [0, 0.05) is 29.6 Å². The minimum absolute atomic E-state index is 0.221. The molecule has 2 rings (SSSR count). The second-order valence-corrected chi connectivity index (χ2v) is 5.71. The SMILES string of the molecule is O=C(CSc1ccc(Cl)cc1)N1CCCNCC1. The molecule has 1 aromatic carbocycles. The van der Waals surface area contributed by atoms with E-state index in [0.717, 1.165) is 42.5 Å². The van der Waals surface area contributed by atoms with Crippen molar-refractivity contribution in [2.24, 2.45) is 0 Å². The zero-order chi connectivity index (χ0) is 12.8. The molecule has 5 heteroatoms. The lowest BCUT2D eigenvalue weighted by molar-refractivity contribution is -0.128. The first-order chi connectivity index (χ1) is 8.75. The van der Waals surface area contributed by atoms with Gasteiger partial charge in [0.15, 0.2) is 0 Å². The molecule has 3 nitrogen and oxygen atoms in total. The quantitative estimate of drug-likeness (QED) is 0.864. The smallest absolute Gasteiger partial charge is 0.232 e. The third-order valence-corrected chi connectivity index (χ3v) is 4.12. The number of hydrogen-bond acceptors (Lipinski definition) is 3. The Labute approximate surface area is 117 Å². The summed E-state index contributed by atoms with van der Waals surface area (Å²) in [5.74, 6) is 0.723. The molecule has 0 radical (unpaired) electrons. The van der Waals surface area contributed by atoms with Crippen LogP contribution in [0, 0.1) is 0 Å². The van der Waals surface area contributed by atoms with Crippen molar-refractivity contribution in [1.82, 2.24) is 10.2 Å². The average molecular weight is 285 g/mol. The van der Waals surface area contributed by atoms with Crippen LogP contribution in [0.5, 0.6) is 0 Å². The highest BCUT2D eigenvalue weighted by Gasteiger charge is 2.15. The highest BCUT2D eigenvalue weighted by Crippen LogP contribution is 2.20. The van der Waals surface area contributed by atoms with Crippen molar-refractivity contribution in [2.75, 3.05) is 31.9 Å². The van der Waals surface area contributed by atoms with Gasteiger partial charge in [-0.05, 0) is 37.2 Å². The lowest BCUT2D eigenvalue weighted by Gasteiger charge is -2.19. The van der Waals surface area contributed by atoms with Crippen LogP contribution in [0.15, 0.2) is 29.2 Å².